The number of pyridine rings is 1. The van der Waals surface area contributed by atoms with Gasteiger partial charge in [0.1, 0.15) is 0 Å². The zero-order chi connectivity index (χ0) is 8.67. The lowest BCUT2D eigenvalue weighted by atomic mass is 9.96. The highest BCUT2D eigenvalue weighted by molar-refractivity contribution is 5.83. The molecule has 2 heteroatoms. The van der Waals surface area contributed by atoms with E-state index in [0.717, 1.165) is 0 Å². The van der Waals surface area contributed by atoms with Gasteiger partial charge in [-0.1, -0.05) is 0 Å². The molecule has 2 nitrogen and oxygen atoms in total. The lowest BCUT2D eigenvalue weighted by Gasteiger charge is -2.09. The number of H-pyrrole nitrogens is 1. The fraction of sp³-hybridized carbons (Fsp3) is 0.364. The summed E-state index contributed by atoms with van der Waals surface area (Å²) in [6.07, 6.45) is 8.92. The van der Waals surface area contributed by atoms with Crippen LogP contribution in [0.2, 0.25) is 0 Å². The molecule has 66 valence electrons. The van der Waals surface area contributed by atoms with Crippen LogP contribution in [0.1, 0.15) is 24.1 Å². The minimum Gasteiger partial charge on any atom is -0.358 e. The van der Waals surface area contributed by atoms with E-state index in [1.54, 1.807) is 0 Å². The first-order valence-corrected chi connectivity index (χ1v) is 4.88. The third kappa shape index (κ3) is 0.981. The van der Waals surface area contributed by atoms with Gasteiger partial charge >= 0.3 is 0 Å². The summed E-state index contributed by atoms with van der Waals surface area (Å²) in [5.74, 6) is 0. The van der Waals surface area contributed by atoms with E-state index in [0.29, 0.717) is 0 Å². The minimum atomic E-state index is 1.21. The van der Waals surface area contributed by atoms with Crippen molar-refractivity contribution >= 4 is 10.9 Å². The first-order chi connectivity index (χ1) is 6.45. The SMILES string of the molecule is c1cc2[nH]c3c(c2cn1)CCCC3. The maximum absolute atomic E-state index is 4.17. The van der Waals surface area contributed by atoms with Crippen LogP contribution in [-0.4, -0.2) is 9.97 Å². The summed E-state index contributed by atoms with van der Waals surface area (Å²) in [4.78, 5) is 7.65. The highest BCUT2D eigenvalue weighted by Gasteiger charge is 2.14. The third-order valence-corrected chi connectivity index (χ3v) is 2.90. The summed E-state index contributed by atoms with van der Waals surface area (Å²) in [6.45, 7) is 0. The summed E-state index contributed by atoms with van der Waals surface area (Å²) in [7, 11) is 0. The van der Waals surface area contributed by atoms with Gasteiger partial charge < -0.3 is 4.98 Å². The number of nitrogens with zero attached hydrogens (tertiary/aromatic N) is 1. The van der Waals surface area contributed by atoms with Crippen LogP contribution in [0.3, 0.4) is 0 Å². The molecule has 0 unspecified atom stereocenters. The van der Waals surface area contributed by atoms with Gasteiger partial charge in [0.2, 0.25) is 0 Å². The van der Waals surface area contributed by atoms with Crippen molar-refractivity contribution in [1.82, 2.24) is 9.97 Å². The van der Waals surface area contributed by atoms with Gasteiger partial charge in [-0.25, -0.2) is 0 Å². The molecule has 0 aromatic carbocycles. The molecule has 2 aromatic rings. The Bertz CT molecular complexity index is 442. The van der Waals surface area contributed by atoms with Crippen molar-refractivity contribution in [3.63, 3.8) is 0 Å². The van der Waals surface area contributed by atoms with E-state index in [9.17, 15) is 0 Å². The molecule has 1 aliphatic carbocycles. The summed E-state index contributed by atoms with van der Waals surface area (Å²) < 4.78 is 0. The number of aryl methyl sites for hydroxylation is 2. The Hall–Kier alpha value is -1.31. The average Bonchev–Trinajstić information content (AvgIpc) is 2.56. The van der Waals surface area contributed by atoms with Crippen molar-refractivity contribution in [2.75, 3.05) is 0 Å². The smallest absolute Gasteiger partial charge is 0.0490 e. The van der Waals surface area contributed by atoms with Crippen LogP contribution in [0, 0.1) is 0 Å². The number of aromatic amines is 1. The molecule has 0 bridgehead atoms. The topological polar surface area (TPSA) is 28.7 Å². The average molecular weight is 172 g/mol. The highest BCUT2D eigenvalue weighted by Crippen LogP contribution is 2.27. The van der Waals surface area contributed by atoms with Crippen molar-refractivity contribution in [3.05, 3.63) is 29.7 Å². The van der Waals surface area contributed by atoms with Gasteiger partial charge in [-0.15, -0.1) is 0 Å². The molecule has 13 heavy (non-hydrogen) atoms. The molecule has 2 aromatic heterocycles. The summed E-state index contributed by atoms with van der Waals surface area (Å²) in [5.41, 5.74) is 4.20. The Morgan fingerprint density at radius 1 is 1.23 bits per heavy atom. The molecule has 2 heterocycles. The van der Waals surface area contributed by atoms with E-state index in [-0.39, 0.29) is 0 Å². The van der Waals surface area contributed by atoms with Gasteiger partial charge in [-0.05, 0) is 37.3 Å². The molecule has 0 spiro atoms. The van der Waals surface area contributed by atoms with Crippen LogP contribution < -0.4 is 0 Å². The van der Waals surface area contributed by atoms with Crippen LogP contribution in [0.5, 0.6) is 0 Å². The number of nitrogens with one attached hydrogen (secondary N) is 1. The van der Waals surface area contributed by atoms with Gasteiger partial charge in [0.25, 0.3) is 0 Å². The second-order valence-corrected chi connectivity index (χ2v) is 3.71. The molecule has 1 N–H and O–H groups in total. The molecule has 0 fully saturated rings. The Kier molecular flexibility index (Phi) is 1.42. The number of hydrogen-bond acceptors (Lipinski definition) is 1. The largest absolute Gasteiger partial charge is 0.358 e. The van der Waals surface area contributed by atoms with E-state index in [1.807, 2.05) is 12.4 Å². The maximum Gasteiger partial charge on any atom is 0.0490 e. The van der Waals surface area contributed by atoms with Crippen LogP contribution in [-0.2, 0) is 12.8 Å². The predicted octanol–water partition coefficient (Wildman–Crippen LogP) is 2.44. The predicted molar refractivity (Wildman–Crippen MR) is 52.7 cm³/mol. The molecule has 3 rings (SSSR count). The van der Waals surface area contributed by atoms with Gasteiger partial charge in [-0.3, -0.25) is 4.98 Å². The molecular weight excluding hydrogens is 160 g/mol. The lowest BCUT2D eigenvalue weighted by molar-refractivity contribution is 0.680. The zero-order valence-corrected chi connectivity index (χ0v) is 7.51. The van der Waals surface area contributed by atoms with Crippen molar-refractivity contribution < 1.29 is 0 Å². The van der Waals surface area contributed by atoms with Crippen molar-refractivity contribution in [2.24, 2.45) is 0 Å². The van der Waals surface area contributed by atoms with Crippen molar-refractivity contribution in [3.8, 4) is 0 Å². The van der Waals surface area contributed by atoms with Gasteiger partial charge in [-0.2, -0.15) is 0 Å². The molecule has 0 amide bonds. The third-order valence-electron chi connectivity index (χ3n) is 2.90. The van der Waals surface area contributed by atoms with E-state index >= 15 is 0 Å². The highest BCUT2D eigenvalue weighted by atomic mass is 14.7. The minimum absolute atomic E-state index is 1.21. The van der Waals surface area contributed by atoms with Gasteiger partial charge in [0, 0.05) is 29.0 Å². The van der Waals surface area contributed by atoms with E-state index < -0.39 is 0 Å². The lowest BCUT2D eigenvalue weighted by Crippen LogP contribution is -1.99. The van der Waals surface area contributed by atoms with Gasteiger partial charge in [0.05, 0.1) is 0 Å². The Balaban J connectivity index is 2.34. The molecule has 0 saturated carbocycles. The van der Waals surface area contributed by atoms with Gasteiger partial charge in [0.15, 0.2) is 0 Å². The normalized spacial score (nSPS) is 16.0. The molecule has 0 saturated heterocycles. The Morgan fingerprint density at radius 2 is 2.15 bits per heavy atom. The Labute approximate surface area is 77.0 Å². The van der Waals surface area contributed by atoms with E-state index in [2.05, 4.69) is 16.0 Å². The molecule has 0 radical (unpaired) electrons. The number of fused-ring (bicyclic) bond motifs is 3. The second-order valence-electron chi connectivity index (χ2n) is 3.71. The monoisotopic (exact) mass is 172 g/mol. The number of hydrogen-bond donors (Lipinski definition) is 1. The first kappa shape index (κ1) is 7.13. The van der Waals surface area contributed by atoms with Crippen molar-refractivity contribution in [2.45, 2.75) is 25.7 Å². The molecular formula is C11H12N2. The van der Waals surface area contributed by atoms with Crippen molar-refractivity contribution in [1.29, 1.82) is 0 Å². The van der Waals surface area contributed by atoms with Crippen LogP contribution in [0.25, 0.3) is 10.9 Å². The van der Waals surface area contributed by atoms with Crippen LogP contribution >= 0.6 is 0 Å². The van der Waals surface area contributed by atoms with E-state index in [4.69, 9.17) is 0 Å². The quantitative estimate of drug-likeness (QED) is 0.649. The Morgan fingerprint density at radius 3 is 3.15 bits per heavy atom. The maximum atomic E-state index is 4.17. The number of rotatable bonds is 0. The fourth-order valence-corrected chi connectivity index (χ4v) is 2.25. The summed E-state index contributed by atoms with van der Waals surface area (Å²) in [6, 6.07) is 2.06. The number of aromatic nitrogens is 2. The zero-order valence-electron chi connectivity index (χ0n) is 7.51. The molecule has 0 aliphatic heterocycles. The summed E-state index contributed by atoms with van der Waals surface area (Å²) in [5, 5.41) is 1.33. The molecule has 0 atom stereocenters. The summed E-state index contributed by atoms with van der Waals surface area (Å²) >= 11 is 0. The standard InChI is InChI=1S/C11H12N2/c1-2-4-10-8(3-1)9-7-12-6-5-11(9)13-10/h5-7,13H,1-4H2. The van der Waals surface area contributed by atoms with Crippen LogP contribution in [0.4, 0.5) is 0 Å². The van der Waals surface area contributed by atoms with Crippen LogP contribution in [0.15, 0.2) is 18.5 Å². The first-order valence-electron chi connectivity index (χ1n) is 4.88. The second kappa shape index (κ2) is 2.59. The fourth-order valence-electron chi connectivity index (χ4n) is 2.25. The van der Waals surface area contributed by atoms with E-state index in [1.165, 1.54) is 47.8 Å². The molecule has 1 aliphatic rings.